The number of hydrogen-bond acceptors (Lipinski definition) is 5. The third-order valence-electron chi connectivity index (χ3n) is 7.69. The summed E-state index contributed by atoms with van der Waals surface area (Å²) in [5, 5.41) is 20.2. The Bertz CT molecular complexity index is 1390. The molecule has 0 amide bonds. The molecule has 0 saturated carbocycles. The first-order valence-electron chi connectivity index (χ1n) is 13.0. The van der Waals surface area contributed by atoms with E-state index >= 15 is 4.39 Å². The van der Waals surface area contributed by atoms with Crippen LogP contribution in [-0.4, -0.2) is 40.9 Å². The molecule has 200 valence electrons. The summed E-state index contributed by atoms with van der Waals surface area (Å²) in [4.78, 5) is 2.44. The molecule has 2 aliphatic heterocycles. The number of ether oxygens (including phenoxy) is 2. The van der Waals surface area contributed by atoms with Crippen molar-refractivity contribution >= 4 is 11.1 Å². The Balaban J connectivity index is 1.48. The lowest BCUT2D eigenvalue weighted by Gasteiger charge is -2.32. The number of likely N-dealkylation sites (tertiary alicyclic amines) is 1. The predicted molar refractivity (Wildman–Crippen MR) is 143 cm³/mol. The molecule has 0 spiro atoms. The van der Waals surface area contributed by atoms with E-state index in [0.29, 0.717) is 46.6 Å². The van der Waals surface area contributed by atoms with E-state index < -0.39 is 23.5 Å². The van der Waals surface area contributed by atoms with E-state index in [4.69, 9.17) is 9.47 Å². The summed E-state index contributed by atoms with van der Waals surface area (Å²) in [6, 6.07) is 13.6. The Morgan fingerprint density at radius 1 is 1.08 bits per heavy atom. The molecule has 2 heterocycles. The Hall–Kier alpha value is -3.58. The number of allylic oxidation sites excluding steroid dienone is 1. The van der Waals surface area contributed by atoms with Gasteiger partial charge in [-0.25, -0.2) is 8.78 Å². The van der Waals surface area contributed by atoms with E-state index in [9.17, 15) is 14.6 Å². The molecule has 3 atom stereocenters. The zero-order valence-electron chi connectivity index (χ0n) is 22.1. The van der Waals surface area contributed by atoms with Crippen LogP contribution in [0.4, 0.5) is 8.78 Å². The predicted octanol–water partition coefficient (Wildman–Crippen LogP) is 6.86. The van der Waals surface area contributed by atoms with Gasteiger partial charge in [-0.3, -0.25) is 4.90 Å². The molecule has 38 heavy (non-hydrogen) atoms. The third-order valence-corrected chi connectivity index (χ3v) is 7.69. The van der Waals surface area contributed by atoms with Crippen molar-refractivity contribution in [1.29, 1.82) is 0 Å². The van der Waals surface area contributed by atoms with Crippen LogP contribution in [0.15, 0.2) is 48.5 Å². The largest absolute Gasteiger partial charge is 0.508 e. The summed E-state index contributed by atoms with van der Waals surface area (Å²) in [6.07, 6.45) is 0.480. The van der Waals surface area contributed by atoms with E-state index in [1.807, 2.05) is 24.3 Å². The molecule has 1 fully saturated rings. The molecule has 3 aromatic rings. The van der Waals surface area contributed by atoms with E-state index in [-0.39, 0.29) is 11.3 Å². The number of aromatic hydroxyl groups is 2. The number of rotatable bonds is 6. The minimum atomic E-state index is -1.04. The topological polar surface area (TPSA) is 62.2 Å². The van der Waals surface area contributed by atoms with Gasteiger partial charge in [0.25, 0.3) is 0 Å². The average Bonchev–Trinajstić information content (AvgIpc) is 3.34. The maximum atomic E-state index is 15.4. The molecule has 5 rings (SSSR count). The first kappa shape index (κ1) is 26.0. The second-order valence-electron chi connectivity index (χ2n) is 10.5. The fraction of sp³-hybridized carbons (Fsp3) is 0.355. The molecular weight excluding hydrogens is 488 g/mol. The van der Waals surface area contributed by atoms with Crippen LogP contribution in [0.5, 0.6) is 23.0 Å². The normalized spacial score (nSPS) is 20.3. The highest BCUT2D eigenvalue weighted by Gasteiger charge is 2.33. The van der Waals surface area contributed by atoms with E-state index in [2.05, 4.69) is 18.7 Å². The van der Waals surface area contributed by atoms with Gasteiger partial charge in [0.1, 0.15) is 30.0 Å². The van der Waals surface area contributed by atoms with Crippen molar-refractivity contribution in [2.24, 2.45) is 5.92 Å². The van der Waals surface area contributed by atoms with Crippen LogP contribution in [0.25, 0.3) is 11.1 Å². The number of phenols is 2. The van der Waals surface area contributed by atoms with Crippen molar-refractivity contribution in [1.82, 2.24) is 4.90 Å². The first-order chi connectivity index (χ1) is 18.1. The van der Waals surface area contributed by atoms with Crippen molar-refractivity contribution in [2.45, 2.75) is 46.3 Å². The van der Waals surface area contributed by atoms with E-state index in [1.54, 1.807) is 26.0 Å². The summed E-state index contributed by atoms with van der Waals surface area (Å²) in [5.41, 5.74) is 2.87. The standard InChI is InChI=1S/C31H33F2NO4/c1-17-11-12-34(15-17)19(3)16-37-23-8-5-21(6-9-23)31-28(27-18(2)13-25(32)30(36)29(27)33)20(4)24-14-22(35)7-10-26(24)38-31/h5-10,13-14,17,19,31,35-36H,11-12,15-16H2,1-4H3/t17-,19+,31?/m1/s1. The average molecular weight is 522 g/mol. The molecule has 0 aliphatic carbocycles. The molecule has 7 heteroatoms. The smallest absolute Gasteiger partial charge is 0.188 e. The maximum Gasteiger partial charge on any atom is 0.188 e. The molecule has 0 radical (unpaired) electrons. The fourth-order valence-electron chi connectivity index (χ4n) is 5.48. The number of benzene rings is 3. The quantitative estimate of drug-likeness (QED) is 0.371. The van der Waals surface area contributed by atoms with Crippen LogP contribution >= 0.6 is 0 Å². The number of nitrogens with zero attached hydrogens (tertiary/aromatic N) is 1. The van der Waals surface area contributed by atoms with Crippen molar-refractivity contribution in [3.8, 4) is 23.0 Å². The third kappa shape index (κ3) is 4.83. The minimum absolute atomic E-state index is 0.0442. The van der Waals surface area contributed by atoms with Gasteiger partial charge in [0.15, 0.2) is 17.4 Å². The van der Waals surface area contributed by atoms with Crippen LogP contribution in [0.1, 0.15) is 55.5 Å². The second kappa shape index (κ2) is 10.3. The molecule has 3 aromatic carbocycles. The van der Waals surface area contributed by atoms with Gasteiger partial charge in [-0.1, -0.05) is 19.1 Å². The van der Waals surface area contributed by atoms with Crippen LogP contribution < -0.4 is 9.47 Å². The number of fused-ring (bicyclic) bond motifs is 1. The lowest BCUT2D eigenvalue weighted by Crippen LogP contribution is -2.35. The van der Waals surface area contributed by atoms with Gasteiger partial charge in [-0.2, -0.15) is 0 Å². The maximum absolute atomic E-state index is 15.4. The summed E-state index contributed by atoms with van der Waals surface area (Å²) >= 11 is 0. The van der Waals surface area contributed by atoms with Gasteiger partial charge in [0.05, 0.1) is 0 Å². The Labute approximate surface area is 221 Å². The highest BCUT2D eigenvalue weighted by Crippen LogP contribution is 2.49. The second-order valence-corrected chi connectivity index (χ2v) is 10.5. The highest BCUT2D eigenvalue weighted by atomic mass is 19.1. The molecular formula is C31H33F2NO4. The Kier molecular flexibility index (Phi) is 7.05. The van der Waals surface area contributed by atoms with Crippen LogP contribution in [0.3, 0.4) is 0 Å². The Morgan fingerprint density at radius 3 is 2.50 bits per heavy atom. The zero-order valence-corrected chi connectivity index (χ0v) is 22.1. The van der Waals surface area contributed by atoms with Gasteiger partial charge in [-0.05, 0) is 92.8 Å². The van der Waals surface area contributed by atoms with Crippen molar-refractivity contribution in [3.63, 3.8) is 0 Å². The fourth-order valence-corrected chi connectivity index (χ4v) is 5.48. The van der Waals surface area contributed by atoms with Gasteiger partial charge >= 0.3 is 0 Å². The SMILES string of the molecule is CC1=C(c2c(C)cc(F)c(O)c2F)C(c2ccc(OC[C@H](C)N3CC[C@@H](C)C3)cc2)Oc2ccc(O)cc21. The lowest BCUT2D eigenvalue weighted by atomic mass is 9.84. The molecule has 0 bridgehead atoms. The van der Waals surface area contributed by atoms with Gasteiger partial charge in [0.2, 0.25) is 0 Å². The van der Waals surface area contributed by atoms with Crippen LogP contribution in [0.2, 0.25) is 0 Å². The summed E-state index contributed by atoms with van der Waals surface area (Å²) in [5.74, 6) is -1.08. The Morgan fingerprint density at radius 2 is 1.82 bits per heavy atom. The number of hydrogen-bond donors (Lipinski definition) is 2. The van der Waals surface area contributed by atoms with Crippen molar-refractivity contribution in [2.75, 3.05) is 19.7 Å². The number of aryl methyl sites for hydroxylation is 1. The first-order valence-corrected chi connectivity index (χ1v) is 13.0. The van der Waals surface area contributed by atoms with Crippen LogP contribution in [0, 0.1) is 24.5 Å². The van der Waals surface area contributed by atoms with E-state index in [0.717, 1.165) is 30.5 Å². The molecule has 1 saturated heterocycles. The zero-order chi connectivity index (χ0) is 27.1. The van der Waals surface area contributed by atoms with Crippen molar-refractivity contribution in [3.05, 3.63) is 82.4 Å². The van der Waals surface area contributed by atoms with Crippen LogP contribution in [-0.2, 0) is 0 Å². The molecule has 2 N–H and O–H groups in total. The molecule has 1 unspecified atom stereocenters. The van der Waals surface area contributed by atoms with Gasteiger partial charge in [0, 0.05) is 29.3 Å². The number of halogens is 2. The van der Waals surface area contributed by atoms with Crippen molar-refractivity contribution < 1.29 is 28.5 Å². The summed E-state index contributed by atoms with van der Waals surface area (Å²) in [7, 11) is 0. The van der Waals surface area contributed by atoms with E-state index in [1.165, 1.54) is 12.5 Å². The summed E-state index contributed by atoms with van der Waals surface area (Å²) < 4.78 is 41.9. The highest BCUT2D eigenvalue weighted by molar-refractivity contribution is 5.96. The number of phenolic OH excluding ortho intramolecular Hbond substituents is 2. The van der Waals surface area contributed by atoms with Gasteiger partial charge in [-0.15, -0.1) is 0 Å². The molecule has 5 nitrogen and oxygen atoms in total. The summed E-state index contributed by atoms with van der Waals surface area (Å²) in [6.45, 7) is 10.6. The lowest BCUT2D eigenvalue weighted by molar-refractivity contribution is 0.169. The molecule has 2 aliphatic rings. The molecule has 0 aromatic heterocycles. The minimum Gasteiger partial charge on any atom is -0.508 e. The monoisotopic (exact) mass is 521 g/mol. The van der Waals surface area contributed by atoms with Gasteiger partial charge < -0.3 is 19.7 Å².